The van der Waals surface area contributed by atoms with Gasteiger partial charge in [0.2, 0.25) is 5.91 Å². The second-order valence-corrected chi connectivity index (χ2v) is 6.10. The van der Waals surface area contributed by atoms with Gasteiger partial charge in [-0.1, -0.05) is 30.7 Å². The average molecular weight is 307 g/mol. The van der Waals surface area contributed by atoms with Gasteiger partial charge < -0.3 is 5.32 Å². The average Bonchev–Trinajstić information content (AvgIpc) is 2.44. The maximum atomic E-state index is 11.9. The number of nitriles is 1. The molecule has 1 amide bonds. The summed E-state index contributed by atoms with van der Waals surface area (Å²) < 4.78 is 0. The molecule has 2 rings (SSSR count). The number of hydrogen-bond acceptors (Lipinski definition) is 3. The quantitative estimate of drug-likeness (QED) is 0.920. The Kier molecular flexibility index (Phi) is 5.11. The van der Waals surface area contributed by atoms with Crippen molar-refractivity contribution in [3.8, 4) is 6.07 Å². The van der Waals surface area contributed by atoms with Crippen LogP contribution >= 0.6 is 23.4 Å². The lowest BCUT2D eigenvalue weighted by molar-refractivity contribution is -0.120. The van der Waals surface area contributed by atoms with E-state index in [0.29, 0.717) is 22.0 Å². The van der Waals surface area contributed by atoms with Gasteiger partial charge in [0.1, 0.15) is 0 Å². The van der Waals surface area contributed by atoms with Crippen LogP contribution in [0.2, 0.25) is 5.02 Å². The zero-order valence-corrected chi connectivity index (χ0v) is 12.7. The zero-order valence-electron chi connectivity index (χ0n) is 11.1. The van der Waals surface area contributed by atoms with Crippen LogP contribution in [-0.4, -0.2) is 11.7 Å². The van der Waals surface area contributed by atoms with E-state index in [1.54, 1.807) is 6.07 Å². The molecular weight excluding hydrogens is 292 g/mol. The fourth-order valence-electron chi connectivity index (χ4n) is 2.15. The van der Waals surface area contributed by atoms with Gasteiger partial charge in [-0.2, -0.15) is 5.26 Å². The van der Waals surface area contributed by atoms with Crippen molar-refractivity contribution in [1.29, 1.82) is 5.26 Å². The van der Waals surface area contributed by atoms with Gasteiger partial charge in [0.15, 0.2) is 0 Å². The number of halogens is 1. The second-order valence-electron chi connectivity index (χ2n) is 4.56. The summed E-state index contributed by atoms with van der Waals surface area (Å²) in [4.78, 5) is 11.9. The Morgan fingerprint density at radius 2 is 2.35 bits per heavy atom. The molecule has 1 atom stereocenters. The third-order valence-corrected chi connectivity index (χ3v) is 4.52. The van der Waals surface area contributed by atoms with Crippen LogP contribution in [0.4, 0.5) is 0 Å². The molecule has 1 aromatic carbocycles. The molecule has 0 aliphatic carbocycles. The smallest absolute Gasteiger partial charge is 0.225 e. The number of rotatable bonds is 4. The first-order valence-electron chi connectivity index (χ1n) is 6.48. The number of carbonyl (C=O) groups is 1. The maximum absolute atomic E-state index is 11.9. The highest BCUT2D eigenvalue weighted by Crippen LogP contribution is 2.36. The lowest BCUT2D eigenvalue weighted by Gasteiger charge is -2.25. The summed E-state index contributed by atoms with van der Waals surface area (Å²) in [5.41, 5.74) is 1.55. The van der Waals surface area contributed by atoms with Gasteiger partial charge in [-0.3, -0.25) is 4.79 Å². The molecule has 0 radical (unpaired) electrons. The van der Waals surface area contributed by atoms with Crippen LogP contribution in [0.1, 0.15) is 31.2 Å². The van der Waals surface area contributed by atoms with Crippen molar-refractivity contribution >= 4 is 29.3 Å². The standard InChI is InChI=1S/C15H15ClN2OS/c1-2-6-20-15-13(9-17)12(8-14(19)18-15)10-4-3-5-11(16)7-10/h3-5,7,12H,2,6,8H2,1H3,(H,18,19). The molecule has 5 heteroatoms. The van der Waals surface area contributed by atoms with Crippen LogP contribution in [0.5, 0.6) is 0 Å². The summed E-state index contributed by atoms with van der Waals surface area (Å²) in [7, 11) is 0. The Morgan fingerprint density at radius 3 is 3.00 bits per heavy atom. The van der Waals surface area contributed by atoms with Gasteiger partial charge >= 0.3 is 0 Å². The number of carbonyl (C=O) groups excluding carboxylic acids is 1. The summed E-state index contributed by atoms with van der Waals surface area (Å²) >= 11 is 7.54. The Balaban J connectivity index is 2.40. The normalized spacial score (nSPS) is 18.6. The molecule has 3 nitrogen and oxygen atoms in total. The zero-order chi connectivity index (χ0) is 14.5. The minimum atomic E-state index is -0.202. The number of nitrogens with zero attached hydrogens (tertiary/aromatic N) is 1. The monoisotopic (exact) mass is 306 g/mol. The molecule has 0 spiro atoms. The van der Waals surface area contributed by atoms with Gasteiger partial charge in [-0.15, -0.1) is 11.8 Å². The van der Waals surface area contributed by atoms with Crippen LogP contribution in [0.25, 0.3) is 0 Å². The van der Waals surface area contributed by atoms with Crippen molar-refractivity contribution in [3.63, 3.8) is 0 Å². The molecule has 1 aromatic rings. The molecule has 0 bridgehead atoms. The number of benzene rings is 1. The third kappa shape index (κ3) is 3.36. The first-order chi connectivity index (χ1) is 9.65. The molecule has 1 heterocycles. The van der Waals surface area contributed by atoms with Crippen LogP contribution in [0, 0.1) is 11.3 Å². The summed E-state index contributed by atoms with van der Waals surface area (Å²) in [5, 5.41) is 13.6. The summed E-state index contributed by atoms with van der Waals surface area (Å²) in [6.45, 7) is 2.07. The summed E-state index contributed by atoms with van der Waals surface area (Å²) in [6.07, 6.45) is 1.28. The first kappa shape index (κ1) is 15.0. The van der Waals surface area contributed by atoms with Crippen molar-refractivity contribution in [3.05, 3.63) is 45.5 Å². The van der Waals surface area contributed by atoms with Crippen LogP contribution in [0.3, 0.4) is 0 Å². The molecule has 1 aliphatic heterocycles. The van der Waals surface area contributed by atoms with Gasteiger partial charge in [0, 0.05) is 17.4 Å². The summed E-state index contributed by atoms with van der Waals surface area (Å²) in [6, 6.07) is 9.62. The largest absolute Gasteiger partial charge is 0.320 e. The number of thioether (sulfide) groups is 1. The molecule has 0 aromatic heterocycles. The molecule has 1 N–H and O–H groups in total. The number of nitrogens with one attached hydrogen (secondary N) is 1. The number of allylic oxidation sites excluding steroid dienone is 1. The van der Waals surface area contributed by atoms with Crippen LogP contribution in [0.15, 0.2) is 34.9 Å². The molecule has 20 heavy (non-hydrogen) atoms. The SMILES string of the molecule is CCCSC1=C(C#N)C(c2cccc(Cl)c2)CC(=O)N1. The van der Waals surface area contributed by atoms with E-state index < -0.39 is 0 Å². The highest BCUT2D eigenvalue weighted by Gasteiger charge is 2.29. The molecule has 0 saturated carbocycles. The molecule has 104 valence electrons. The predicted octanol–water partition coefficient (Wildman–Crippen LogP) is 3.82. The fourth-order valence-corrected chi connectivity index (χ4v) is 3.28. The van der Waals surface area contributed by atoms with Crippen molar-refractivity contribution in [2.24, 2.45) is 0 Å². The van der Waals surface area contributed by atoms with Crippen molar-refractivity contribution in [1.82, 2.24) is 5.32 Å². The Labute approximate surface area is 128 Å². The minimum absolute atomic E-state index is 0.0485. The van der Waals surface area contributed by atoms with E-state index in [-0.39, 0.29) is 11.8 Å². The molecule has 1 unspecified atom stereocenters. The van der Waals surface area contributed by atoms with Crippen molar-refractivity contribution < 1.29 is 4.79 Å². The van der Waals surface area contributed by atoms with E-state index in [1.807, 2.05) is 18.2 Å². The van der Waals surface area contributed by atoms with E-state index in [2.05, 4.69) is 18.3 Å². The van der Waals surface area contributed by atoms with Crippen LogP contribution in [-0.2, 0) is 4.79 Å². The van der Waals surface area contributed by atoms with Gasteiger partial charge in [-0.05, 0) is 29.9 Å². The molecule has 0 fully saturated rings. The minimum Gasteiger partial charge on any atom is -0.320 e. The lowest BCUT2D eigenvalue weighted by Crippen LogP contribution is -2.30. The number of amides is 1. The summed E-state index contributed by atoms with van der Waals surface area (Å²) in [5.74, 6) is 0.627. The molecule has 0 saturated heterocycles. The van der Waals surface area contributed by atoms with E-state index in [9.17, 15) is 10.1 Å². The maximum Gasteiger partial charge on any atom is 0.225 e. The molecular formula is C15H15ClN2OS. The predicted molar refractivity (Wildman–Crippen MR) is 82.3 cm³/mol. The van der Waals surface area contributed by atoms with Crippen molar-refractivity contribution in [2.75, 3.05) is 5.75 Å². The second kappa shape index (κ2) is 6.83. The van der Waals surface area contributed by atoms with E-state index in [4.69, 9.17) is 11.6 Å². The Hall–Kier alpha value is -1.44. The van der Waals surface area contributed by atoms with Crippen molar-refractivity contribution in [2.45, 2.75) is 25.7 Å². The lowest BCUT2D eigenvalue weighted by atomic mass is 9.87. The van der Waals surface area contributed by atoms with Gasteiger partial charge in [-0.25, -0.2) is 0 Å². The van der Waals surface area contributed by atoms with E-state index >= 15 is 0 Å². The van der Waals surface area contributed by atoms with E-state index in [1.165, 1.54) is 11.8 Å². The molecule has 1 aliphatic rings. The third-order valence-electron chi connectivity index (χ3n) is 3.06. The highest BCUT2D eigenvalue weighted by atomic mass is 35.5. The Morgan fingerprint density at radius 1 is 1.55 bits per heavy atom. The number of hydrogen-bond donors (Lipinski definition) is 1. The Bertz CT molecular complexity index is 592. The fraction of sp³-hybridized carbons (Fsp3) is 0.333. The highest BCUT2D eigenvalue weighted by molar-refractivity contribution is 8.03. The van der Waals surface area contributed by atoms with E-state index in [0.717, 1.165) is 17.7 Å². The van der Waals surface area contributed by atoms with Gasteiger partial charge in [0.25, 0.3) is 0 Å². The topological polar surface area (TPSA) is 52.9 Å². The first-order valence-corrected chi connectivity index (χ1v) is 7.84. The van der Waals surface area contributed by atoms with Gasteiger partial charge in [0.05, 0.1) is 16.7 Å². The van der Waals surface area contributed by atoms with Crippen LogP contribution < -0.4 is 5.32 Å².